The molecule has 3 aromatic carbocycles. The highest BCUT2D eigenvalue weighted by Gasteiger charge is 2.51. The molecule has 3 aromatic rings. The first-order chi connectivity index (χ1) is 14.8. The first-order valence-corrected chi connectivity index (χ1v) is 10.7. The summed E-state index contributed by atoms with van der Waals surface area (Å²) in [7, 11) is 0. The molecule has 0 unspecified atom stereocenters. The molecular formula is C26H24ClNO3. The first kappa shape index (κ1) is 21.3. The fourth-order valence-corrected chi connectivity index (χ4v) is 4.16. The molecule has 158 valence electrons. The third-order valence-corrected chi connectivity index (χ3v) is 6.09. The van der Waals surface area contributed by atoms with E-state index in [1.807, 2.05) is 50.2 Å². The molecule has 1 heterocycles. The van der Waals surface area contributed by atoms with Gasteiger partial charge < -0.3 is 10.0 Å². The van der Waals surface area contributed by atoms with Crippen molar-refractivity contribution in [2.24, 2.45) is 0 Å². The Kier molecular flexibility index (Phi) is 5.69. The van der Waals surface area contributed by atoms with Gasteiger partial charge in [0, 0.05) is 16.1 Å². The summed E-state index contributed by atoms with van der Waals surface area (Å²) in [6, 6.07) is 20.1. The third-order valence-electron chi connectivity index (χ3n) is 5.86. The van der Waals surface area contributed by atoms with Crippen LogP contribution in [-0.4, -0.2) is 16.8 Å². The summed E-state index contributed by atoms with van der Waals surface area (Å²) in [6.45, 7) is 4.34. The summed E-state index contributed by atoms with van der Waals surface area (Å²) >= 11 is 6.18. The average molecular weight is 434 g/mol. The minimum absolute atomic E-state index is 0.290. The van der Waals surface area contributed by atoms with E-state index in [1.165, 1.54) is 4.90 Å². The molecule has 1 amide bonds. The van der Waals surface area contributed by atoms with Gasteiger partial charge in [-0.15, -0.1) is 0 Å². The molecule has 1 aliphatic heterocycles. The summed E-state index contributed by atoms with van der Waals surface area (Å²) in [5.74, 6) is -0.800. The molecule has 1 atom stereocenters. The van der Waals surface area contributed by atoms with Gasteiger partial charge >= 0.3 is 0 Å². The van der Waals surface area contributed by atoms with Gasteiger partial charge in [0.2, 0.25) is 0 Å². The Morgan fingerprint density at radius 3 is 2.29 bits per heavy atom. The number of carbonyl (C=O) groups excluding carboxylic acids is 2. The normalized spacial score (nSPS) is 17.7. The van der Waals surface area contributed by atoms with Crippen LogP contribution in [0.1, 0.15) is 46.0 Å². The molecular weight excluding hydrogens is 410 g/mol. The quantitative estimate of drug-likeness (QED) is 0.542. The summed E-state index contributed by atoms with van der Waals surface area (Å²) in [6.07, 6.45) is 0.534. The SMILES string of the molecule is CCc1ccc(C(=O)C[C@]2(O)C(=O)N(Cc3ccc(C)cc3)c3ccc(Cl)cc32)cc1. The van der Waals surface area contributed by atoms with E-state index in [0.29, 0.717) is 28.4 Å². The number of aryl methyl sites for hydroxylation is 2. The number of fused-ring (bicyclic) bond motifs is 1. The molecule has 0 aromatic heterocycles. The van der Waals surface area contributed by atoms with Gasteiger partial charge in [-0.2, -0.15) is 0 Å². The largest absolute Gasteiger partial charge is 0.375 e. The molecule has 0 bridgehead atoms. The highest BCUT2D eigenvalue weighted by molar-refractivity contribution is 6.31. The van der Waals surface area contributed by atoms with Crippen molar-refractivity contribution >= 4 is 29.0 Å². The van der Waals surface area contributed by atoms with Crippen LogP contribution < -0.4 is 4.90 Å². The summed E-state index contributed by atoms with van der Waals surface area (Å²) < 4.78 is 0. The lowest BCUT2D eigenvalue weighted by Gasteiger charge is -2.23. The second-order valence-electron chi connectivity index (χ2n) is 8.05. The summed E-state index contributed by atoms with van der Waals surface area (Å²) in [4.78, 5) is 27.9. The van der Waals surface area contributed by atoms with Crippen molar-refractivity contribution in [3.8, 4) is 0 Å². The van der Waals surface area contributed by atoms with Gasteiger partial charge in [-0.3, -0.25) is 9.59 Å². The highest BCUT2D eigenvalue weighted by Crippen LogP contribution is 2.44. The maximum atomic E-state index is 13.4. The van der Waals surface area contributed by atoms with Crippen LogP contribution in [0.5, 0.6) is 0 Å². The Hall–Kier alpha value is -2.95. The van der Waals surface area contributed by atoms with Crippen molar-refractivity contribution in [3.05, 3.63) is 99.6 Å². The van der Waals surface area contributed by atoms with Crippen LogP contribution in [0.15, 0.2) is 66.7 Å². The Morgan fingerprint density at radius 1 is 1.00 bits per heavy atom. The number of ketones is 1. The van der Waals surface area contributed by atoms with E-state index in [0.717, 1.165) is 23.1 Å². The molecule has 5 heteroatoms. The number of amides is 1. The Bertz CT molecular complexity index is 1140. The van der Waals surface area contributed by atoms with Crippen LogP contribution in [0.3, 0.4) is 0 Å². The van der Waals surface area contributed by atoms with Gasteiger partial charge in [-0.1, -0.05) is 72.6 Å². The van der Waals surface area contributed by atoms with Gasteiger partial charge in [0.15, 0.2) is 11.4 Å². The number of rotatable bonds is 6. The van der Waals surface area contributed by atoms with Crippen LogP contribution in [-0.2, 0) is 23.4 Å². The van der Waals surface area contributed by atoms with E-state index in [-0.39, 0.29) is 12.2 Å². The number of benzene rings is 3. The van der Waals surface area contributed by atoms with E-state index in [2.05, 4.69) is 0 Å². The van der Waals surface area contributed by atoms with Gasteiger partial charge in [-0.05, 0) is 42.7 Å². The van der Waals surface area contributed by atoms with Gasteiger partial charge in [-0.25, -0.2) is 0 Å². The van der Waals surface area contributed by atoms with E-state index in [1.54, 1.807) is 30.3 Å². The van der Waals surface area contributed by atoms with Crippen molar-refractivity contribution in [2.75, 3.05) is 4.90 Å². The first-order valence-electron chi connectivity index (χ1n) is 10.3. The second kappa shape index (κ2) is 8.29. The molecule has 0 saturated carbocycles. The number of nitrogens with zero attached hydrogens (tertiary/aromatic N) is 1. The molecule has 0 saturated heterocycles. The average Bonchev–Trinajstić information content (AvgIpc) is 2.96. The smallest absolute Gasteiger partial charge is 0.264 e. The molecule has 1 N–H and O–H groups in total. The van der Waals surface area contributed by atoms with Crippen molar-refractivity contribution in [1.82, 2.24) is 0 Å². The fourth-order valence-electron chi connectivity index (χ4n) is 3.99. The topological polar surface area (TPSA) is 57.6 Å². The molecule has 1 aliphatic rings. The number of hydrogen-bond acceptors (Lipinski definition) is 3. The zero-order chi connectivity index (χ0) is 22.2. The Morgan fingerprint density at radius 2 is 1.65 bits per heavy atom. The molecule has 31 heavy (non-hydrogen) atoms. The molecule has 0 radical (unpaired) electrons. The van der Waals surface area contributed by atoms with Crippen LogP contribution in [0.2, 0.25) is 5.02 Å². The third kappa shape index (κ3) is 4.01. The van der Waals surface area contributed by atoms with Crippen LogP contribution in [0.25, 0.3) is 0 Å². The standard InChI is InChI=1S/C26H24ClNO3/c1-3-18-8-10-20(11-9-18)24(29)15-26(31)22-14-21(27)12-13-23(22)28(25(26)30)16-19-6-4-17(2)5-7-19/h4-14,31H,3,15-16H2,1-2H3/t26-/m1/s1. The van der Waals surface area contributed by atoms with E-state index in [9.17, 15) is 14.7 Å². The monoisotopic (exact) mass is 433 g/mol. The van der Waals surface area contributed by atoms with Gasteiger partial charge in [0.25, 0.3) is 5.91 Å². The zero-order valence-corrected chi connectivity index (χ0v) is 18.3. The summed E-state index contributed by atoms with van der Waals surface area (Å²) in [5, 5.41) is 11.9. The minimum Gasteiger partial charge on any atom is -0.375 e. The maximum Gasteiger partial charge on any atom is 0.264 e. The number of hydrogen-bond donors (Lipinski definition) is 1. The molecule has 0 spiro atoms. The Labute approximate surface area is 187 Å². The van der Waals surface area contributed by atoms with Crippen LogP contribution in [0.4, 0.5) is 5.69 Å². The lowest BCUT2D eigenvalue weighted by atomic mass is 9.88. The van der Waals surface area contributed by atoms with E-state index >= 15 is 0 Å². The number of aliphatic hydroxyl groups is 1. The molecule has 0 fully saturated rings. The molecule has 0 aliphatic carbocycles. The maximum absolute atomic E-state index is 13.4. The predicted molar refractivity (Wildman–Crippen MR) is 122 cm³/mol. The Balaban J connectivity index is 1.67. The number of halogens is 1. The van der Waals surface area contributed by atoms with Crippen molar-refractivity contribution in [2.45, 2.75) is 38.8 Å². The highest BCUT2D eigenvalue weighted by atomic mass is 35.5. The molecule has 4 rings (SSSR count). The van der Waals surface area contributed by atoms with Crippen LogP contribution >= 0.6 is 11.6 Å². The second-order valence-corrected chi connectivity index (χ2v) is 8.49. The lowest BCUT2D eigenvalue weighted by molar-refractivity contribution is -0.136. The van der Waals surface area contributed by atoms with Crippen molar-refractivity contribution in [3.63, 3.8) is 0 Å². The van der Waals surface area contributed by atoms with Crippen LogP contribution in [0, 0.1) is 6.92 Å². The number of anilines is 1. The van der Waals surface area contributed by atoms with Crippen molar-refractivity contribution in [1.29, 1.82) is 0 Å². The lowest BCUT2D eigenvalue weighted by Crippen LogP contribution is -2.41. The van der Waals surface area contributed by atoms with Gasteiger partial charge in [0.05, 0.1) is 18.7 Å². The minimum atomic E-state index is -1.95. The van der Waals surface area contributed by atoms with Crippen molar-refractivity contribution < 1.29 is 14.7 Å². The van der Waals surface area contributed by atoms with E-state index < -0.39 is 11.5 Å². The summed E-state index contributed by atoms with van der Waals surface area (Å²) in [5.41, 5.74) is 2.64. The fraction of sp³-hybridized carbons (Fsp3) is 0.231. The predicted octanol–water partition coefficient (Wildman–Crippen LogP) is 5.22. The molecule has 4 nitrogen and oxygen atoms in total. The number of carbonyl (C=O) groups is 2. The zero-order valence-electron chi connectivity index (χ0n) is 17.6. The van der Waals surface area contributed by atoms with Gasteiger partial charge in [0.1, 0.15) is 0 Å². The van der Waals surface area contributed by atoms with E-state index in [4.69, 9.17) is 11.6 Å². The number of Topliss-reactive ketones (excluding diaryl/α,β-unsaturated/α-hetero) is 1.